The summed E-state index contributed by atoms with van der Waals surface area (Å²) in [6, 6.07) is 10.6. The van der Waals surface area contributed by atoms with Gasteiger partial charge >= 0.3 is 0 Å². The lowest BCUT2D eigenvalue weighted by atomic mass is 10.3. The number of halogens is 3. The molecular formula is C18H14BrF2N3OS. The van der Waals surface area contributed by atoms with Crippen molar-refractivity contribution in [2.75, 3.05) is 5.32 Å². The van der Waals surface area contributed by atoms with Crippen LogP contribution in [0, 0.1) is 11.6 Å². The Kier molecular flexibility index (Phi) is 5.73. The fourth-order valence-corrected chi connectivity index (χ4v) is 3.36. The highest BCUT2D eigenvalue weighted by atomic mass is 79.9. The molecule has 3 rings (SSSR count). The number of thioether (sulfide) groups is 1. The zero-order chi connectivity index (χ0) is 18.7. The second kappa shape index (κ2) is 8.01. The van der Waals surface area contributed by atoms with Gasteiger partial charge in [-0.1, -0.05) is 27.7 Å². The van der Waals surface area contributed by atoms with Crippen LogP contribution in [0.15, 0.2) is 64.5 Å². The van der Waals surface area contributed by atoms with E-state index >= 15 is 0 Å². The van der Waals surface area contributed by atoms with E-state index in [0.29, 0.717) is 5.16 Å². The van der Waals surface area contributed by atoms with Gasteiger partial charge in [0.25, 0.3) is 0 Å². The van der Waals surface area contributed by atoms with Gasteiger partial charge in [-0.2, -0.15) is 0 Å². The van der Waals surface area contributed by atoms with Crippen LogP contribution >= 0.6 is 27.7 Å². The molecule has 3 aromatic rings. The van der Waals surface area contributed by atoms with Crippen molar-refractivity contribution in [3.63, 3.8) is 0 Å². The molecule has 0 aliphatic heterocycles. The zero-order valence-electron chi connectivity index (χ0n) is 13.6. The van der Waals surface area contributed by atoms with Crippen molar-refractivity contribution < 1.29 is 13.6 Å². The maximum absolute atomic E-state index is 13.7. The number of carbonyl (C=O) groups excluding carboxylic acids is 1. The number of benzene rings is 2. The van der Waals surface area contributed by atoms with E-state index in [1.807, 2.05) is 28.8 Å². The maximum atomic E-state index is 13.7. The van der Waals surface area contributed by atoms with Crippen molar-refractivity contribution in [1.82, 2.24) is 9.55 Å². The summed E-state index contributed by atoms with van der Waals surface area (Å²) in [5.41, 5.74) is 0.718. The Balaban J connectivity index is 1.73. The lowest BCUT2D eigenvalue weighted by Gasteiger charge is -2.13. The summed E-state index contributed by atoms with van der Waals surface area (Å²) in [6.45, 7) is 1.68. The number of nitrogens with one attached hydrogen (secondary N) is 1. The molecule has 4 nitrogen and oxygen atoms in total. The quantitative estimate of drug-likeness (QED) is 0.569. The SMILES string of the molecule is CC(Sc1nccn1-c1ccc(Br)cc1)C(=O)Nc1cc(F)ccc1F. The first-order valence-electron chi connectivity index (χ1n) is 7.66. The van der Waals surface area contributed by atoms with Gasteiger partial charge in [0.05, 0.1) is 10.9 Å². The molecule has 0 saturated carbocycles. The van der Waals surface area contributed by atoms with Crippen LogP contribution in [0.4, 0.5) is 14.5 Å². The number of imidazole rings is 1. The molecule has 0 aliphatic carbocycles. The normalized spacial score (nSPS) is 12.0. The number of rotatable bonds is 5. The third kappa shape index (κ3) is 4.31. The average molecular weight is 438 g/mol. The molecule has 8 heteroatoms. The lowest BCUT2D eigenvalue weighted by Crippen LogP contribution is -2.23. The number of amides is 1. The minimum atomic E-state index is -0.687. The standard InChI is InChI=1S/C18H14BrF2N3OS/c1-11(17(25)23-16-10-13(20)4-7-15(16)21)26-18-22-8-9-24(18)14-5-2-12(19)3-6-14/h2-11H,1H3,(H,23,25). The van der Waals surface area contributed by atoms with Gasteiger partial charge in [-0.15, -0.1) is 0 Å². The first-order valence-corrected chi connectivity index (χ1v) is 9.33. The molecule has 2 aromatic carbocycles. The molecule has 1 heterocycles. The van der Waals surface area contributed by atoms with Crippen LogP contribution in [0.2, 0.25) is 0 Å². The number of nitrogens with zero attached hydrogens (tertiary/aromatic N) is 2. The average Bonchev–Trinajstić information content (AvgIpc) is 3.07. The van der Waals surface area contributed by atoms with E-state index in [1.54, 1.807) is 19.3 Å². The number of anilines is 1. The number of carbonyl (C=O) groups is 1. The molecule has 0 spiro atoms. The topological polar surface area (TPSA) is 46.9 Å². The smallest absolute Gasteiger partial charge is 0.237 e. The number of aromatic nitrogens is 2. The molecule has 1 aromatic heterocycles. The van der Waals surface area contributed by atoms with Crippen LogP contribution < -0.4 is 5.32 Å². The summed E-state index contributed by atoms with van der Waals surface area (Å²) in [7, 11) is 0. The molecule has 0 saturated heterocycles. The Bertz CT molecular complexity index is 930. The van der Waals surface area contributed by atoms with Gasteiger partial charge in [0.1, 0.15) is 11.6 Å². The summed E-state index contributed by atoms with van der Waals surface area (Å²) in [5.74, 6) is -1.74. The first-order chi connectivity index (χ1) is 12.4. The van der Waals surface area contributed by atoms with Crippen LogP contribution in [-0.4, -0.2) is 20.7 Å². The first kappa shape index (κ1) is 18.6. The van der Waals surface area contributed by atoms with E-state index in [4.69, 9.17) is 0 Å². The Morgan fingerprint density at radius 2 is 1.96 bits per heavy atom. The molecule has 1 amide bonds. The van der Waals surface area contributed by atoms with Crippen LogP contribution in [-0.2, 0) is 4.79 Å². The largest absolute Gasteiger partial charge is 0.323 e. The van der Waals surface area contributed by atoms with Crippen molar-refractivity contribution in [1.29, 1.82) is 0 Å². The predicted octanol–water partition coefficient (Wildman–Crippen LogP) is 5.03. The van der Waals surface area contributed by atoms with Gasteiger partial charge in [0.2, 0.25) is 5.91 Å². The van der Waals surface area contributed by atoms with Crippen molar-refractivity contribution in [3.05, 3.63) is 71.0 Å². The predicted molar refractivity (Wildman–Crippen MR) is 102 cm³/mol. The van der Waals surface area contributed by atoms with Crippen LogP contribution in [0.5, 0.6) is 0 Å². The molecule has 1 unspecified atom stereocenters. The van der Waals surface area contributed by atoms with Gasteiger partial charge in [0.15, 0.2) is 5.16 Å². The Morgan fingerprint density at radius 1 is 1.23 bits per heavy atom. The highest BCUT2D eigenvalue weighted by molar-refractivity contribution is 9.10. The minimum Gasteiger partial charge on any atom is -0.323 e. The van der Waals surface area contributed by atoms with E-state index in [1.165, 1.54) is 11.8 Å². The molecule has 1 N–H and O–H groups in total. The molecule has 0 aliphatic rings. The van der Waals surface area contributed by atoms with Crippen molar-refractivity contribution >= 4 is 39.3 Å². The van der Waals surface area contributed by atoms with Gasteiger partial charge < -0.3 is 5.32 Å². The van der Waals surface area contributed by atoms with Gasteiger partial charge in [-0.25, -0.2) is 13.8 Å². The second-order valence-corrected chi connectivity index (χ2v) is 7.65. The fraction of sp³-hybridized carbons (Fsp3) is 0.111. The summed E-state index contributed by atoms with van der Waals surface area (Å²) < 4.78 is 29.7. The molecule has 26 heavy (non-hydrogen) atoms. The Labute approximate surface area is 161 Å². The fourth-order valence-electron chi connectivity index (χ4n) is 2.21. The zero-order valence-corrected chi connectivity index (χ0v) is 16.0. The van der Waals surface area contributed by atoms with Crippen molar-refractivity contribution in [2.24, 2.45) is 0 Å². The highest BCUT2D eigenvalue weighted by Crippen LogP contribution is 2.26. The van der Waals surface area contributed by atoms with E-state index in [9.17, 15) is 13.6 Å². The lowest BCUT2D eigenvalue weighted by molar-refractivity contribution is -0.115. The van der Waals surface area contributed by atoms with E-state index in [2.05, 4.69) is 26.2 Å². The Morgan fingerprint density at radius 3 is 2.69 bits per heavy atom. The molecule has 0 radical (unpaired) electrons. The van der Waals surface area contributed by atoms with Crippen LogP contribution in [0.25, 0.3) is 5.69 Å². The molecule has 0 bridgehead atoms. The maximum Gasteiger partial charge on any atom is 0.237 e. The molecule has 134 valence electrons. The van der Waals surface area contributed by atoms with Gasteiger partial charge in [-0.05, 0) is 43.3 Å². The summed E-state index contributed by atoms with van der Waals surface area (Å²) >= 11 is 4.61. The third-order valence-electron chi connectivity index (χ3n) is 3.55. The molecular weight excluding hydrogens is 424 g/mol. The molecule has 0 fully saturated rings. The van der Waals surface area contributed by atoms with Gasteiger partial charge in [0, 0.05) is 28.6 Å². The minimum absolute atomic E-state index is 0.182. The van der Waals surface area contributed by atoms with Crippen LogP contribution in [0.1, 0.15) is 6.92 Å². The molecule has 1 atom stereocenters. The Hall–Kier alpha value is -2.19. The number of hydrogen-bond acceptors (Lipinski definition) is 3. The van der Waals surface area contributed by atoms with E-state index in [0.717, 1.165) is 28.4 Å². The monoisotopic (exact) mass is 437 g/mol. The summed E-state index contributed by atoms with van der Waals surface area (Å²) in [5, 5.41) is 2.47. The highest BCUT2D eigenvalue weighted by Gasteiger charge is 2.19. The van der Waals surface area contributed by atoms with Gasteiger partial charge in [-0.3, -0.25) is 9.36 Å². The number of hydrogen-bond donors (Lipinski definition) is 1. The third-order valence-corrected chi connectivity index (χ3v) is 5.16. The second-order valence-electron chi connectivity index (χ2n) is 5.43. The van der Waals surface area contributed by atoms with E-state index in [-0.39, 0.29) is 5.69 Å². The van der Waals surface area contributed by atoms with E-state index < -0.39 is 22.8 Å². The van der Waals surface area contributed by atoms with Crippen LogP contribution in [0.3, 0.4) is 0 Å². The van der Waals surface area contributed by atoms with Crippen molar-refractivity contribution in [2.45, 2.75) is 17.3 Å². The summed E-state index contributed by atoms with van der Waals surface area (Å²) in [6.07, 6.45) is 3.43. The van der Waals surface area contributed by atoms with Crippen molar-refractivity contribution in [3.8, 4) is 5.69 Å². The summed E-state index contributed by atoms with van der Waals surface area (Å²) in [4.78, 5) is 16.6.